The van der Waals surface area contributed by atoms with Gasteiger partial charge in [0.2, 0.25) is 0 Å². The number of nitrogens with zero attached hydrogens (tertiary/aromatic N) is 2. The predicted molar refractivity (Wildman–Crippen MR) is 53.9 cm³/mol. The minimum Gasteiger partial charge on any atom is -0.472 e. The fourth-order valence-electron chi connectivity index (χ4n) is 1.77. The van der Waals surface area contributed by atoms with E-state index in [-0.39, 0.29) is 6.10 Å². The van der Waals surface area contributed by atoms with Crippen molar-refractivity contribution in [1.29, 1.82) is 0 Å². The number of nitrogens with two attached hydrogens (primary N) is 1. The van der Waals surface area contributed by atoms with E-state index >= 15 is 0 Å². The van der Waals surface area contributed by atoms with E-state index < -0.39 is 0 Å². The highest BCUT2D eigenvalue weighted by atomic mass is 16.5. The van der Waals surface area contributed by atoms with E-state index in [9.17, 15) is 0 Å². The van der Waals surface area contributed by atoms with Crippen LogP contribution in [0.4, 0.5) is 5.82 Å². The lowest BCUT2D eigenvalue weighted by molar-refractivity contribution is 0.149. The minimum absolute atomic E-state index is 0.280. The molecule has 1 saturated carbocycles. The summed E-state index contributed by atoms with van der Waals surface area (Å²) in [6.45, 7) is 0. The summed E-state index contributed by atoms with van der Waals surface area (Å²) in [6, 6.07) is 0. The van der Waals surface area contributed by atoms with Crippen molar-refractivity contribution in [3.8, 4) is 5.88 Å². The Balaban J connectivity index is 1.99. The van der Waals surface area contributed by atoms with Crippen LogP contribution in [0.1, 0.15) is 32.1 Å². The van der Waals surface area contributed by atoms with Crippen LogP contribution in [0.3, 0.4) is 0 Å². The topological polar surface area (TPSA) is 61.0 Å². The molecule has 76 valence electrons. The van der Waals surface area contributed by atoms with Crippen molar-refractivity contribution in [2.75, 3.05) is 5.73 Å². The largest absolute Gasteiger partial charge is 0.472 e. The Morgan fingerprint density at radius 2 is 1.86 bits per heavy atom. The van der Waals surface area contributed by atoms with Gasteiger partial charge in [0.25, 0.3) is 5.88 Å². The van der Waals surface area contributed by atoms with Crippen LogP contribution in [0.2, 0.25) is 0 Å². The molecule has 2 rings (SSSR count). The molecule has 1 fully saturated rings. The molecule has 0 amide bonds. The summed E-state index contributed by atoms with van der Waals surface area (Å²) < 4.78 is 5.69. The molecule has 0 aromatic carbocycles. The summed E-state index contributed by atoms with van der Waals surface area (Å²) in [7, 11) is 0. The highest BCUT2D eigenvalue weighted by Crippen LogP contribution is 2.23. The first-order valence-electron chi connectivity index (χ1n) is 5.09. The zero-order chi connectivity index (χ0) is 9.80. The van der Waals surface area contributed by atoms with E-state index in [2.05, 4.69) is 9.97 Å². The van der Waals surface area contributed by atoms with Gasteiger partial charge in [0.05, 0.1) is 0 Å². The maximum Gasteiger partial charge on any atom is 0.257 e. The van der Waals surface area contributed by atoms with Gasteiger partial charge >= 0.3 is 0 Å². The molecule has 4 nitrogen and oxygen atoms in total. The number of nitrogen functional groups attached to an aromatic ring is 1. The zero-order valence-electron chi connectivity index (χ0n) is 8.15. The first-order valence-corrected chi connectivity index (χ1v) is 5.09. The number of hydrogen-bond acceptors (Lipinski definition) is 4. The maximum atomic E-state index is 5.69. The number of anilines is 1. The SMILES string of the molecule is Nc1nccnc1OC1CCCCC1. The van der Waals surface area contributed by atoms with Crippen molar-refractivity contribution in [1.82, 2.24) is 9.97 Å². The first-order chi connectivity index (χ1) is 6.86. The molecule has 4 heteroatoms. The molecule has 0 aliphatic heterocycles. The number of ether oxygens (including phenoxy) is 1. The third kappa shape index (κ3) is 2.13. The fourth-order valence-corrected chi connectivity index (χ4v) is 1.77. The summed E-state index contributed by atoms with van der Waals surface area (Å²) in [5.41, 5.74) is 5.64. The molecule has 0 bridgehead atoms. The second-order valence-electron chi connectivity index (χ2n) is 3.62. The van der Waals surface area contributed by atoms with Crippen LogP contribution in [0.15, 0.2) is 12.4 Å². The quantitative estimate of drug-likeness (QED) is 0.777. The van der Waals surface area contributed by atoms with Crippen molar-refractivity contribution < 1.29 is 4.74 Å². The van der Waals surface area contributed by atoms with Crippen molar-refractivity contribution in [3.63, 3.8) is 0 Å². The van der Waals surface area contributed by atoms with Crippen LogP contribution in [0.25, 0.3) is 0 Å². The third-order valence-corrected chi connectivity index (χ3v) is 2.52. The number of rotatable bonds is 2. The first kappa shape index (κ1) is 9.24. The van der Waals surface area contributed by atoms with Crippen LogP contribution >= 0.6 is 0 Å². The van der Waals surface area contributed by atoms with Crippen molar-refractivity contribution in [2.45, 2.75) is 38.2 Å². The van der Waals surface area contributed by atoms with Gasteiger partial charge in [0.1, 0.15) is 6.10 Å². The summed E-state index contributed by atoms with van der Waals surface area (Å²) >= 11 is 0. The Morgan fingerprint density at radius 3 is 2.57 bits per heavy atom. The summed E-state index contributed by atoms with van der Waals surface area (Å²) in [6.07, 6.45) is 9.47. The summed E-state index contributed by atoms with van der Waals surface area (Å²) in [5, 5.41) is 0. The van der Waals surface area contributed by atoms with Crippen LogP contribution in [-0.4, -0.2) is 16.1 Å². The Bertz CT molecular complexity index is 297. The Labute approximate surface area is 83.5 Å². The molecule has 1 heterocycles. The monoisotopic (exact) mass is 193 g/mol. The van der Waals surface area contributed by atoms with E-state index in [1.165, 1.54) is 19.3 Å². The molecule has 0 atom stereocenters. The van der Waals surface area contributed by atoms with Crippen LogP contribution < -0.4 is 10.5 Å². The van der Waals surface area contributed by atoms with Crippen molar-refractivity contribution in [2.24, 2.45) is 0 Å². The number of aromatic nitrogens is 2. The predicted octanol–water partition coefficient (Wildman–Crippen LogP) is 1.77. The average molecular weight is 193 g/mol. The minimum atomic E-state index is 0.280. The molecule has 1 aromatic heterocycles. The summed E-state index contributed by atoms with van der Waals surface area (Å²) in [5.74, 6) is 0.873. The molecule has 0 saturated heterocycles. The van der Waals surface area contributed by atoms with E-state index in [4.69, 9.17) is 10.5 Å². The smallest absolute Gasteiger partial charge is 0.257 e. The second kappa shape index (κ2) is 4.26. The van der Waals surface area contributed by atoms with Gasteiger partial charge in [-0.1, -0.05) is 6.42 Å². The van der Waals surface area contributed by atoms with Gasteiger partial charge < -0.3 is 10.5 Å². The van der Waals surface area contributed by atoms with Crippen LogP contribution in [-0.2, 0) is 0 Å². The maximum absolute atomic E-state index is 5.69. The molecule has 0 unspecified atom stereocenters. The third-order valence-electron chi connectivity index (χ3n) is 2.52. The van der Waals surface area contributed by atoms with Gasteiger partial charge in [0, 0.05) is 12.4 Å². The molecular weight excluding hydrogens is 178 g/mol. The lowest BCUT2D eigenvalue weighted by Gasteiger charge is -2.22. The summed E-state index contributed by atoms with van der Waals surface area (Å²) in [4.78, 5) is 8.00. The lowest BCUT2D eigenvalue weighted by atomic mass is 9.98. The molecular formula is C10H15N3O. The molecule has 14 heavy (non-hydrogen) atoms. The molecule has 1 aliphatic rings. The van der Waals surface area contributed by atoms with Gasteiger partial charge in [-0.25, -0.2) is 9.97 Å². The fraction of sp³-hybridized carbons (Fsp3) is 0.600. The normalized spacial score (nSPS) is 18.0. The van der Waals surface area contributed by atoms with Gasteiger partial charge in [-0.3, -0.25) is 0 Å². The zero-order valence-corrected chi connectivity index (χ0v) is 8.15. The van der Waals surface area contributed by atoms with E-state index in [1.54, 1.807) is 12.4 Å². The van der Waals surface area contributed by atoms with Crippen molar-refractivity contribution in [3.05, 3.63) is 12.4 Å². The molecule has 1 aliphatic carbocycles. The van der Waals surface area contributed by atoms with E-state index in [0.29, 0.717) is 11.7 Å². The van der Waals surface area contributed by atoms with Crippen LogP contribution in [0.5, 0.6) is 5.88 Å². The Kier molecular flexibility index (Phi) is 2.81. The van der Waals surface area contributed by atoms with E-state index in [0.717, 1.165) is 12.8 Å². The second-order valence-corrected chi connectivity index (χ2v) is 3.62. The molecule has 1 aromatic rings. The van der Waals surface area contributed by atoms with Gasteiger partial charge in [0.15, 0.2) is 5.82 Å². The molecule has 2 N–H and O–H groups in total. The highest BCUT2D eigenvalue weighted by Gasteiger charge is 2.16. The number of hydrogen-bond donors (Lipinski definition) is 1. The van der Waals surface area contributed by atoms with E-state index in [1.807, 2.05) is 0 Å². The van der Waals surface area contributed by atoms with Gasteiger partial charge in [-0.2, -0.15) is 0 Å². The lowest BCUT2D eigenvalue weighted by Crippen LogP contribution is -2.20. The molecule has 0 spiro atoms. The van der Waals surface area contributed by atoms with Gasteiger partial charge in [-0.15, -0.1) is 0 Å². The Hall–Kier alpha value is -1.32. The van der Waals surface area contributed by atoms with Gasteiger partial charge in [-0.05, 0) is 25.7 Å². The van der Waals surface area contributed by atoms with Crippen molar-refractivity contribution >= 4 is 5.82 Å². The van der Waals surface area contributed by atoms with Crippen LogP contribution in [0, 0.1) is 0 Å². The standard InChI is InChI=1S/C10H15N3O/c11-9-10(13-7-6-12-9)14-8-4-2-1-3-5-8/h6-8H,1-5H2,(H2,11,12). The highest BCUT2D eigenvalue weighted by molar-refractivity contribution is 5.38. The Morgan fingerprint density at radius 1 is 1.14 bits per heavy atom. The average Bonchev–Trinajstić information content (AvgIpc) is 2.23. The molecule has 0 radical (unpaired) electrons.